The second kappa shape index (κ2) is 6.50. The lowest BCUT2D eigenvalue weighted by atomic mass is 10.1. The molecule has 3 N–H and O–H groups in total. The van der Waals surface area contributed by atoms with Gasteiger partial charge in [0, 0.05) is 23.1 Å². The van der Waals surface area contributed by atoms with Gasteiger partial charge in [0.1, 0.15) is 5.82 Å². The molecule has 0 saturated carbocycles. The van der Waals surface area contributed by atoms with Crippen molar-refractivity contribution in [1.29, 1.82) is 0 Å². The Morgan fingerprint density at radius 2 is 1.86 bits per heavy atom. The molecule has 8 heteroatoms. The van der Waals surface area contributed by atoms with Crippen LogP contribution in [-0.4, -0.2) is 15.0 Å². The van der Waals surface area contributed by atoms with Gasteiger partial charge >= 0.3 is 5.76 Å². The predicted octanol–water partition coefficient (Wildman–Crippen LogP) is 3.74. The lowest BCUT2D eigenvalue weighted by Gasteiger charge is -2.11. The Balaban J connectivity index is 1.41. The first-order valence-electron chi connectivity index (χ1n) is 8.84. The summed E-state index contributed by atoms with van der Waals surface area (Å²) in [5.74, 6) is 0.688. The molecule has 0 aliphatic carbocycles. The lowest BCUT2D eigenvalue weighted by Crippen LogP contribution is -2.03. The molecule has 140 valence electrons. The smallest absolute Gasteiger partial charge is 0.408 e. The van der Waals surface area contributed by atoms with E-state index in [4.69, 9.17) is 9.15 Å². The van der Waals surface area contributed by atoms with Crippen molar-refractivity contribution in [3.63, 3.8) is 0 Å². The van der Waals surface area contributed by atoms with E-state index in [1.807, 2.05) is 19.1 Å². The third kappa shape index (κ3) is 3.10. The molecule has 2 aromatic heterocycles. The summed E-state index contributed by atoms with van der Waals surface area (Å²) in [6.45, 7) is 3.22. The van der Waals surface area contributed by atoms with Gasteiger partial charge in [0.25, 0.3) is 0 Å². The van der Waals surface area contributed by atoms with Crippen LogP contribution in [0.2, 0.25) is 0 Å². The average Bonchev–Trinajstić information content (AvgIpc) is 3.29. The number of aromatic amines is 1. The zero-order chi connectivity index (χ0) is 19.1. The molecule has 5 rings (SSSR count). The minimum atomic E-state index is -0.475. The van der Waals surface area contributed by atoms with E-state index in [1.54, 1.807) is 18.3 Å². The molecule has 1 aliphatic rings. The van der Waals surface area contributed by atoms with E-state index < -0.39 is 5.76 Å². The second-order valence-electron chi connectivity index (χ2n) is 6.68. The normalized spacial score (nSPS) is 12.9. The maximum absolute atomic E-state index is 11.3. The minimum absolute atomic E-state index is 0.475. The van der Waals surface area contributed by atoms with Crippen LogP contribution in [0.1, 0.15) is 16.7 Å². The van der Waals surface area contributed by atoms with E-state index >= 15 is 0 Å². The summed E-state index contributed by atoms with van der Waals surface area (Å²) >= 11 is 0. The molecule has 0 radical (unpaired) electrons. The topological polar surface area (TPSA) is 105 Å². The fraction of sp³-hybridized carbons (Fsp3) is 0.150. The first-order chi connectivity index (χ1) is 13.6. The summed E-state index contributed by atoms with van der Waals surface area (Å²) in [4.78, 5) is 22.9. The number of H-pyrrole nitrogens is 1. The SMILES string of the molecule is Cc1cnc(Nc2ccc3c(c2)COC3)nc1Nc1ccc2oc(=O)[nH]c2c1. The van der Waals surface area contributed by atoms with Crippen molar-refractivity contribution in [3.8, 4) is 0 Å². The van der Waals surface area contributed by atoms with Crippen LogP contribution in [0.5, 0.6) is 0 Å². The van der Waals surface area contributed by atoms with E-state index in [2.05, 4.69) is 37.7 Å². The van der Waals surface area contributed by atoms with Crippen molar-refractivity contribution < 1.29 is 9.15 Å². The number of oxazole rings is 1. The Morgan fingerprint density at radius 1 is 1.04 bits per heavy atom. The van der Waals surface area contributed by atoms with Crippen LogP contribution in [0.15, 0.2) is 51.8 Å². The fourth-order valence-electron chi connectivity index (χ4n) is 3.17. The van der Waals surface area contributed by atoms with E-state index in [9.17, 15) is 4.79 Å². The molecular weight excluding hydrogens is 358 g/mol. The maximum atomic E-state index is 11.3. The number of hydrogen-bond acceptors (Lipinski definition) is 7. The van der Waals surface area contributed by atoms with Crippen LogP contribution in [0.25, 0.3) is 11.1 Å². The number of fused-ring (bicyclic) bond motifs is 2. The second-order valence-corrected chi connectivity index (χ2v) is 6.68. The minimum Gasteiger partial charge on any atom is -0.408 e. The van der Waals surface area contributed by atoms with Gasteiger partial charge in [-0.05, 0) is 48.4 Å². The highest BCUT2D eigenvalue weighted by atomic mass is 16.5. The lowest BCUT2D eigenvalue weighted by molar-refractivity contribution is 0.134. The summed E-state index contributed by atoms with van der Waals surface area (Å²) in [5.41, 5.74) is 6.12. The third-order valence-electron chi connectivity index (χ3n) is 4.63. The molecule has 1 aliphatic heterocycles. The predicted molar refractivity (Wildman–Crippen MR) is 105 cm³/mol. The summed E-state index contributed by atoms with van der Waals surface area (Å²) in [5, 5.41) is 6.51. The van der Waals surface area contributed by atoms with E-state index in [-0.39, 0.29) is 0 Å². The average molecular weight is 375 g/mol. The van der Waals surface area contributed by atoms with E-state index in [0.29, 0.717) is 36.1 Å². The Kier molecular flexibility index (Phi) is 3.84. The highest BCUT2D eigenvalue weighted by molar-refractivity contribution is 5.78. The number of nitrogens with zero attached hydrogens (tertiary/aromatic N) is 2. The Morgan fingerprint density at radius 3 is 2.79 bits per heavy atom. The van der Waals surface area contributed by atoms with Crippen molar-refractivity contribution in [3.05, 3.63) is 69.8 Å². The first-order valence-corrected chi connectivity index (χ1v) is 8.84. The van der Waals surface area contributed by atoms with Gasteiger partial charge in [0.05, 0.1) is 18.7 Å². The van der Waals surface area contributed by atoms with Gasteiger partial charge in [-0.1, -0.05) is 6.07 Å². The van der Waals surface area contributed by atoms with Gasteiger partial charge < -0.3 is 19.8 Å². The molecule has 0 atom stereocenters. The number of rotatable bonds is 4. The zero-order valence-electron chi connectivity index (χ0n) is 15.1. The summed E-state index contributed by atoms with van der Waals surface area (Å²) in [7, 11) is 0. The van der Waals surface area contributed by atoms with Crippen LogP contribution in [0.3, 0.4) is 0 Å². The molecule has 0 spiro atoms. The number of hydrogen-bond donors (Lipinski definition) is 3. The van der Waals surface area contributed by atoms with E-state index in [0.717, 1.165) is 16.9 Å². The largest absolute Gasteiger partial charge is 0.417 e. The standard InChI is InChI=1S/C20H17N5O3/c1-11-8-21-19(23-14-3-2-12-9-27-10-13(12)6-14)25-18(11)22-15-4-5-17-16(7-15)24-20(26)28-17/h2-8H,9-10H2,1H3,(H,24,26)(H2,21,22,23,25). The number of aromatic nitrogens is 3. The number of nitrogens with one attached hydrogen (secondary N) is 3. The van der Waals surface area contributed by atoms with Gasteiger partial charge in [0.15, 0.2) is 5.58 Å². The van der Waals surface area contributed by atoms with Crippen molar-refractivity contribution >= 4 is 34.2 Å². The molecule has 28 heavy (non-hydrogen) atoms. The molecule has 8 nitrogen and oxygen atoms in total. The van der Waals surface area contributed by atoms with Crippen LogP contribution >= 0.6 is 0 Å². The van der Waals surface area contributed by atoms with Gasteiger partial charge in [0.2, 0.25) is 5.95 Å². The van der Waals surface area contributed by atoms with E-state index in [1.165, 1.54) is 11.1 Å². The van der Waals surface area contributed by atoms with Crippen molar-refractivity contribution in [2.45, 2.75) is 20.1 Å². The molecule has 0 bridgehead atoms. The number of aryl methyl sites for hydroxylation is 1. The highest BCUT2D eigenvalue weighted by Gasteiger charge is 2.12. The first kappa shape index (κ1) is 16.5. The molecule has 3 heterocycles. The third-order valence-corrected chi connectivity index (χ3v) is 4.63. The highest BCUT2D eigenvalue weighted by Crippen LogP contribution is 2.26. The maximum Gasteiger partial charge on any atom is 0.417 e. The molecule has 2 aromatic carbocycles. The monoisotopic (exact) mass is 375 g/mol. The van der Waals surface area contributed by atoms with Crippen LogP contribution in [0.4, 0.5) is 23.1 Å². The summed E-state index contributed by atoms with van der Waals surface area (Å²) in [6.07, 6.45) is 1.76. The summed E-state index contributed by atoms with van der Waals surface area (Å²) in [6, 6.07) is 11.5. The van der Waals surface area contributed by atoms with Crippen molar-refractivity contribution in [1.82, 2.24) is 15.0 Å². The molecule has 4 aromatic rings. The Hall–Kier alpha value is -3.65. The Labute approximate surface area is 159 Å². The Bertz CT molecular complexity index is 1240. The van der Waals surface area contributed by atoms with Crippen molar-refractivity contribution in [2.24, 2.45) is 0 Å². The molecule has 0 amide bonds. The number of benzene rings is 2. The molecular formula is C20H17N5O3. The van der Waals surface area contributed by atoms with Crippen LogP contribution in [-0.2, 0) is 18.0 Å². The van der Waals surface area contributed by atoms with Crippen LogP contribution in [0, 0.1) is 6.92 Å². The zero-order valence-corrected chi connectivity index (χ0v) is 15.1. The fourth-order valence-corrected chi connectivity index (χ4v) is 3.17. The number of anilines is 4. The summed E-state index contributed by atoms with van der Waals surface area (Å²) < 4.78 is 10.5. The quantitative estimate of drug-likeness (QED) is 0.499. The van der Waals surface area contributed by atoms with Crippen LogP contribution < -0.4 is 16.4 Å². The van der Waals surface area contributed by atoms with Gasteiger partial charge in [-0.15, -0.1) is 0 Å². The van der Waals surface area contributed by atoms with Crippen molar-refractivity contribution in [2.75, 3.05) is 10.6 Å². The molecule has 0 saturated heterocycles. The van der Waals surface area contributed by atoms with Gasteiger partial charge in [-0.3, -0.25) is 4.98 Å². The molecule has 0 unspecified atom stereocenters. The van der Waals surface area contributed by atoms with Gasteiger partial charge in [-0.25, -0.2) is 9.78 Å². The van der Waals surface area contributed by atoms with Gasteiger partial charge in [-0.2, -0.15) is 4.98 Å². The molecule has 0 fully saturated rings. The number of ether oxygens (including phenoxy) is 1.